The first-order valence-electron chi connectivity index (χ1n) is 7.20. The van der Waals surface area contributed by atoms with Crippen molar-refractivity contribution in [1.82, 2.24) is 10.3 Å². The van der Waals surface area contributed by atoms with Crippen molar-refractivity contribution in [2.75, 3.05) is 19.8 Å². The lowest BCUT2D eigenvalue weighted by atomic mass is 10.2. The highest BCUT2D eigenvalue weighted by Crippen LogP contribution is 2.22. The van der Waals surface area contributed by atoms with Crippen molar-refractivity contribution < 1.29 is 22.7 Å². The maximum Gasteiger partial charge on any atom is 0.411 e. The fourth-order valence-electron chi connectivity index (χ4n) is 1.97. The first kappa shape index (κ1) is 17.7. The summed E-state index contributed by atoms with van der Waals surface area (Å²) in [5.74, 6) is -0.193. The van der Waals surface area contributed by atoms with Crippen LogP contribution in [-0.4, -0.2) is 36.8 Å². The van der Waals surface area contributed by atoms with Gasteiger partial charge >= 0.3 is 6.18 Å². The molecule has 0 aliphatic carbocycles. The van der Waals surface area contributed by atoms with E-state index in [-0.39, 0.29) is 19.1 Å². The number of hydrogen-bond donors (Lipinski definition) is 1. The van der Waals surface area contributed by atoms with Crippen molar-refractivity contribution in [2.24, 2.45) is 0 Å². The normalized spacial score (nSPS) is 11.8. The van der Waals surface area contributed by atoms with Crippen molar-refractivity contribution in [3.05, 3.63) is 29.3 Å². The van der Waals surface area contributed by atoms with Gasteiger partial charge in [-0.2, -0.15) is 13.2 Å². The number of amides is 1. The Morgan fingerprint density at radius 1 is 1.30 bits per heavy atom. The van der Waals surface area contributed by atoms with Gasteiger partial charge in [0.25, 0.3) is 0 Å². The van der Waals surface area contributed by atoms with Gasteiger partial charge in [-0.1, -0.05) is 12.1 Å². The molecule has 1 aromatic heterocycles. The monoisotopic (exact) mass is 346 g/mol. The number of nitrogens with one attached hydrogen (secondary N) is 1. The van der Waals surface area contributed by atoms with Crippen LogP contribution in [-0.2, 0) is 16.0 Å². The van der Waals surface area contributed by atoms with E-state index in [0.717, 1.165) is 15.2 Å². The van der Waals surface area contributed by atoms with Gasteiger partial charge in [0.05, 0.1) is 21.8 Å². The highest BCUT2D eigenvalue weighted by atomic mass is 32.1. The van der Waals surface area contributed by atoms with Crippen LogP contribution in [0.2, 0.25) is 0 Å². The lowest BCUT2D eigenvalue weighted by Crippen LogP contribution is -2.28. The van der Waals surface area contributed by atoms with Crippen molar-refractivity contribution in [3.8, 4) is 0 Å². The van der Waals surface area contributed by atoms with Crippen molar-refractivity contribution >= 4 is 27.5 Å². The number of aryl methyl sites for hydroxylation is 1. The van der Waals surface area contributed by atoms with Gasteiger partial charge in [-0.25, -0.2) is 4.98 Å². The van der Waals surface area contributed by atoms with E-state index in [4.69, 9.17) is 0 Å². The molecule has 1 aromatic carbocycles. The predicted octanol–water partition coefficient (Wildman–Crippen LogP) is 3.31. The number of aromatic nitrogens is 1. The third-order valence-corrected chi connectivity index (χ3v) is 4.06. The number of para-hydroxylation sites is 1. The van der Waals surface area contributed by atoms with Crippen LogP contribution >= 0.6 is 11.3 Å². The maximum atomic E-state index is 11.8. The summed E-state index contributed by atoms with van der Waals surface area (Å²) in [4.78, 5) is 16.0. The number of rotatable bonds is 8. The number of thiazole rings is 1. The Balaban J connectivity index is 1.59. The summed E-state index contributed by atoms with van der Waals surface area (Å²) in [5.41, 5.74) is 0.957. The SMILES string of the molecule is O=C(CCCc1nc2ccccc2s1)NCCOCC(F)(F)F. The largest absolute Gasteiger partial charge is 0.411 e. The molecule has 0 unspecified atom stereocenters. The molecule has 0 saturated heterocycles. The Morgan fingerprint density at radius 3 is 2.83 bits per heavy atom. The van der Waals surface area contributed by atoms with E-state index in [2.05, 4.69) is 15.0 Å². The molecular formula is C15H17F3N2O2S. The van der Waals surface area contributed by atoms with Gasteiger partial charge in [0, 0.05) is 13.0 Å². The molecule has 0 radical (unpaired) electrons. The fourth-order valence-corrected chi connectivity index (χ4v) is 2.98. The molecular weight excluding hydrogens is 329 g/mol. The summed E-state index contributed by atoms with van der Waals surface area (Å²) in [7, 11) is 0. The summed E-state index contributed by atoms with van der Waals surface area (Å²) in [6, 6.07) is 7.84. The minimum Gasteiger partial charge on any atom is -0.370 e. The highest BCUT2D eigenvalue weighted by molar-refractivity contribution is 7.18. The second kappa shape index (κ2) is 8.26. The van der Waals surface area contributed by atoms with Crippen LogP contribution < -0.4 is 5.32 Å². The third-order valence-electron chi connectivity index (χ3n) is 2.97. The van der Waals surface area contributed by atoms with Crippen molar-refractivity contribution in [1.29, 1.82) is 0 Å². The van der Waals surface area contributed by atoms with Gasteiger partial charge in [-0.15, -0.1) is 11.3 Å². The van der Waals surface area contributed by atoms with E-state index < -0.39 is 12.8 Å². The van der Waals surface area contributed by atoms with Crippen LogP contribution in [0.15, 0.2) is 24.3 Å². The van der Waals surface area contributed by atoms with E-state index in [9.17, 15) is 18.0 Å². The van der Waals surface area contributed by atoms with Gasteiger partial charge in [0.2, 0.25) is 5.91 Å². The van der Waals surface area contributed by atoms with E-state index in [1.54, 1.807) is 11.3 Å². The topological polar surface area (TPSA) is 51.2 Å². The lowest BCUT2D eigenvalue weighted by Gasteiger charge is -2.08. The Labute approximate surface area is 135 Å². The van der Waals surface area contributed by atoms with Gasteiger partial charge in [-0.3, -0.25) is 4.79 Å². The Kier molecular flexibility index (Phi) is 6.35. The number of carbonyl (C=O) groups excluding carboxylic acids is 1. The van der Waals surface area contributed by atoms with Crippen LogP contribution in [0.4, 0.5) is 13.2 Å². The second-order valence-corrected chi connectivity index (χ2v) is 6.06. The molecule has 8 heteroatoms. The zero-order valence-electron chi connectivity index (χ0n) is 12.4. The number of fused-ring (bicyclic) bond motifs is 1. The van der Waals surface area contributed by atoms with E-state index in [1.807, 2.05) is 24.3 Å². The summed E-state index contributed by atoms with van der Waals surface area (Å²) in [6.45, 7) is -1.36. The number of alkyl halides is 3. The van der Waals surface area contributed by atoms with Crippen LogP contribution in [0, 0.1) is 0 Å². The van der Waals surface area contributed by atoms with Crippen molar-refractivity contribution in [3.63, 3.8) is 0 Å². The molecule has 23 heavy (non-hydrogen) atoms. The fraction of sp³-hybridized carbons (Fsp3) is 0.467. The second-order valence-electron chi connectivity index (χ2n) is 4.95. The van der Waals surface area contributed by atoms with Gasteiger partial charge in [0.1, 0.15) is 6.61 Å². The Morgan fingerprint density at radius 2 is 2.09 bits per heavy atom. The average Bonchev–Trinajstić information content (AvgIpc) is 2.88. The number of nitrogens with zero attached hydrogens (tertiary/aromatic N) is 1. The number of hydrogen-bond acceptors (Lipinski definition) is 4. The molecule has 0 aliphatic heterocycles. The van der Waals surface area contributed by atoms with Crippen molar-refractivity contribution in [2.45, 2.75) is 25.4 Å². The summed E-state index contributed by atoms with van der Waals surface area (Å²) >= 11 is 1.61. The maximum absolute atomic E-state index is 11.8. The molecule has 1 amide bonds. The molecule has 2 aromatic rings. The zero-order valence-corrected chi connectivity index (χ0v) is 13.2. The average molecular weight is 346 g/mol. The van der Waals surface area contributed by atoms with Crippen LogP contribution in [0.3, 0.4) is 0 Å². The molecule has 4 nitrogen and oxygen atoms in total. The molecule has 2 rings (SSSR count). The van der Waals surface area contributed by atoms with Gasteiger partial charge in [0.15, 0.2) is 0 Å². The van der Waals surface area contributed by atoms with E-state index in [1.165, 1.54) is 0 Å². The first-order valence-corrected chi connectivity index (χ1v) is 8.01. The van der Waals surface area contributed by atoms with Crippen LogP contribution in [0.1, 0.15) is 17.8 Å². The van der Waals surface area contributed by atoms with E-state index >= 15 is 0 Å². The zero-order chi connectivity index (χ0) is 16.7. The minimum atomic E-state index is -4.33. The number of benzene rings is 1. The number of halogens is 3. The summed E-state index contributed by atoms with van der Waals surface area (Å²) in [6.07, 6.45) is -2.66. The molecule has 0 spiro atoms. The molecule has 1 heterocycles. The van der Waals surface area contributed by atoms with Crippen LogP contribution in [0.5, 0.6) is 0 Å². The Hall–Kier alpha value is -1.67. The summed E-state index contributed by atoms with van der Waals surface area (Å²) in [5, 5.41) is 3.51. The molecule has 0 atom stereocenters. The molecule has 0 bridgehead atoms. The van der Waals surface area contributed by atoms with Gasteiger partial charge in [-0.05, 0) is 25.0 Å². The number of ether oxygens (including phenoxy) is 1. The molecule has 1 N–H and O–H groups in total. The first-order chi connectivity index (χ1) is 10.9. The third kappa shape index (κ3) is 6.54. The molecule has 0 aliphatic rings. The number of carbonyl (C=O) groups is 1. The molecule has 0 saturated carbocycles. The smallest absolute Gasteiger partial charge is 0.370 e. The Bertz CT molecular complexity index is 610. The van der Waals surface area contributed by atoms with Gasteiger partial charge < -0.3 is 10.1 Å². The van der Waals surface area contributed by atoms with E-state index in [0.29, 0.717) is 19.3 Å². The highest BCUT2D eigenvalue weighted by Gasteiger charge is 2.27. The van der Waals surface area contributed by atoms with Crippen LogP contribution in [0.25, 0.3) is 10.2 Å². The molecule has 0 fully saturated rings. The molecule has 126 valence electrons. The predicted molar refractivity (Wildman–Crippen MR) is 82.4 cm³/mol. The summed E-state index contributed by atoms with van der Waals surface area (Å²) < 4.78 is 41.0. The standard InChI is InChI=1S/C15H17F3N2O2S/c16-15(17,18)10-22-9-8-19-13(21)6-3-7-14-20-11-4-1-2-5-12(11)23-14/h1-2,4-5H,3,6-10H2,(H,19,21). The quantitative estimate of drug-likeness (QED) is 0.746. The lowest BCUT2D eigenvalue weighted by molar-refractivity contribution is -0.173. The minimum absolute atomic E-state index is 0.0794.